The van der Waals surface area contributed by atoms with Gasteiger partial charge in [-0.25, -0.2) is 8.42 Å². The van der Waals surface area contributed by atoms with Crippen LogP contribution in [0.25, 0.3) is 0 Å². The van der Waals surface area contributed by atoms with Gasteiger partial charge in [-0.3, -0.25) is 9.69 Å². The molecule has 3 rings (SSSR count). The molecule has 1 fully saturated rings. The summed E-state index contributed by atoms with van der Waals surface area (Å²) in [4.78, 5) is 14.6. The minimum absolute atomic E-state index is 0.196. The number of carbonyl (C=O) groups excluding carboxylic acids is 1. The maximum atomic E-state index is 12.8. The molecule has 2 heterocycles. The van der Waals surface area contributed by atoms with Crippen molar-refractivity contribution in [3.8, 4) is 0 Å². The number of sulfonamides is 1. The maximum absolute atomic E-state index is 12.8. The van der Waals surface area contributed by atoms with Gasteiger partial charge >= 0.3 is 0 Å². The van der Waals surface area contributed by atoms with Crippen molar-refractivity contribution in [1.82, 2.24) is 14.4 Å². The summed E-state index contributed by atoms with van der Waals surface area (Å²) in [6, 6.07) is 8.10. The van der Waals surface area contributed by atoms with Gasteiger partial charge in [-0.2, -0.15) is 4.31 Å². The minimum Gasteiger partial charge on any atom is -0.360 e. The highest BCUT2D eigenvalue weighted by Gasteiger charge is 2.31. The number of benzene rings is 1. The highest BCUT2D eigenvalue weighted by Crippen LogP contribution is 2.19. The zero-order chi connectivity index (χ0) is 19.6. The molecule has 146 valence electrons. The van der Waals surface area contributed by atoms with Crippen LogP contribution in [0.1, 0.15) is 18.2 Å². The Morgan fingerprint density at radius 2 is 1.78 bits per heavy atom. The highest BCUT2D eigenvalue weighted by atomic mass is 32.2. The average Bonchev–Trinajstić information content (AvgIpc) is 3.06. The molecule has 9 heteroatoms. The van der Waals surface area contributed by atoms with Crippen molar-refractivity contribution in [2.75, 3.05) is 31.5 Å². The Balaban J connectivity index is 1.59. The molecule has 1 N–H and O–H groups in total. The fraction of sp³-hybridized carbons (Fsp3) is 0.444. The molecule has 0 aliphatic carbocycles. The van der Waals surface area contributed by atoms with Gasteiger partial charge in [0.1, 0.15) is 5.76 Å². The third-order valence-corrected chi connectivity index (χ3v) is 6.65. The zero-order valence-corrected chi connectivity index (χ0v) is 16.5. The lowest BCUT2D eigenvalue weighted by molar-refractivity contribution is -0.121. The number of nitrogens with zero attached hydrogens (tertiary/aromatic N) is 3. The van der Waals surface area contributed by atoms with E-state index in [1.165, 1.54) is 4.31 Å². The van der Waals surface area contributed by atoms with E-state index in [1.807, 2.05) is 11.8 Å². The molecular weight excluding hydrogens is 368 g/mol. The Morgan fingerprint density at radius 1 is 1.15 bits per heavy atom. The molecule has 27 heavy (non-hydrogen) atoms. The van der Waals surface area contributed by atoms with Gasteiger partial charge in [-0.05, 0) is 32.9 Å². The molecule has 1 amide bonds. The number of anilines is 1. The number of nitrogens with one attached hydrogen (secondary N) is 1. The molecule has 1 aromatic carbocycles. The molecule has 0 saturated carbocycles. The van der Waals surface area contributed by atoms with Gasteiger partial charge in [0.25, 0.3) is 0 Å². The second-order valence-corrected chi connectivity index (χ2v) is 8.68. The number of aromatic nitrogens is 1. The van der Waals surface area contributed by atoms with Gasteiger partial charge in [0, 0.05) is 32.2 Å². The Bertz CT molecular complexity index is 900. The molecule has 0 unspecified atom stereocenters. The summed E-state index contributed by atoms with van der Waals surface area (Å²) < 4.78 is 31.9. The molecule has 1 saturated heterocycles. The Kier molecular flexibility index (Phi) is 5.64. The predicted octanol–water partition coefficient (Wildman–Crippen LogP) is 1.62. The fourth-order valence-electron chi connectivity index (χ4n) is 3.01. The first-order valence-corrected chi connectivity index (χ1v) is 10.3. The number of hydrogen-bond acceptors (Lipinski definition) is 6. The summed E-state index contributed by atoms with van der Waals surface area (Å²) in [5.41, 5.74) is 1.01. The van der Waals surface area contributed by atoms with Crippen LogP contribution in [0.2, 0.25) is 0 Å². The van der Waals surface area contributed by atoms with E-state index in [-0.39, 0.29) is 5.91 Å². The quantitative estimate of drug-likeness (QED) is 0.831. The van der Waals surface area contributed by atoms with Crippen LogP contribution in [-0.2, 0) is 14.8 Å². The first kappa shape index (κ1) is 19.5. The van der Waals surface area contributed by atoms with E-state index < -0.39 is 16.1 Å². The lowest BCUT2D eigenvalue weighted by Gasteiger charge is -2.36. The number of piperazine rings is 1. The van der Waals surface area contributed by atoms with E-state index in [0.717, 1.165) is 5.56 Å². The van der Waals surface area contributed by atoms with Gasteiger partial charge in [0.15, 0.2) is 5.82 Å². The SMILES string of the molecule is Cc1ccc(S(=O)(=O)N2CCN([C@H](C)C(=O)Nc3cc(C)on3)CC2)cc1. The Morgan fingerprint density at radius 3 is 2.33 bits per heavy atom. The molecule has 1 aliphatic rings. The third kappa shape index (κ3) is 4.37. The van der Waals surface area contributed by atoms with Crippen molar-refractivity contribution >= 4 is 21.7 Å². The van der Waals surface area contributed by atoms with Crippen LogP contribution in [-0.4, -0.2) is 60.9 Å². The molecule has 0 radical (unpaired) electrons. The van der Waals surface area contributed by atoms with E-state index in [4.69, 9.17) is 4.52 Å². The summed E-state index contributed by atoms with van der Waals surface area (Å²) in [7, 11) is -3.51. The first-order chi connectivity index (χ1) is 12.8. The number of aryl methyl sites for hydroxylation is 2. The first-order valence-electron chi connectivity index (χ1n) is 8.82. The number of carbonyl (C=O) groups is 1. The van der Waals surface area contributed by atoms with Gasteiger partial charge in [0.05, 0.1) is 10.9 Å². The van der Waals surface area contributed by atoms with Crippen molar-refractivity contribution in [1.29, 1.82) is 0 Å². The van der Waals surface area contributed by atoms with Gasteiger partial charge in [0.2, 0.25) is 15.9 Å². The summed E-state index contributed by atoms with van der Waals surface area (Å²) in [6.45, 7) is 7.12. The van der Waals surface area contributed by atoms with Crippen LogP contribution in [0.15, 0.2) is 39.8 Å². The monoisotopic (exact) mass is 392 g/mol. The minimum atomic E-state index is -3.51. The van der Waals surface area contributed by atoms with E-state index >= 15 is 0 Å². The van der Waals surface area contributed by atoms with Crippen LogP contribution in [0.5, 0.6) is 0 Å². The smallest absolute Gasteiger partial charge is 0.243 e. The largest absolute Gasteiger partial charge is 0.360 e. The van der Waals surface area contributed by atoms with Crippen molar-refractivity contribution in [2.24, 2.45) is 0 Å². The second kappa shape index (κ2) is 7.79. The topological polar surface area (TPSA) is 95.8 Å². The summed E-state index contributed by atoms with van der Waals surface area (Å²) in [6.07, 6.45) is 0. The summed E-state index contributed by atoms with van der Waals surface area (Å²) >= 11 is 0. The van der Waals surface area contributed by atoms with E-state index in [9.17, 15) is 13.2 Å². The van der Waals surface area contributed by atoms with Crippen LogP contribution in [0.3, 0.4) is 0 Å². The van der Waals surface area contributed by atoms with Gasteiger partial charge in [-0.1, -0.05) is 22.9 Å². The molecule has 1 aliphatic heterocycles. The average molecular weight is 392 g/mol. The standard InChI is InChI=1S/C18H24N4O4S/c1-13-4-6-16(7-5-13)27(24,25)22-10-8-21(9-11-22)15(3)18(23)19-17-12-14(2)26-20-17/h4-7,12,15H,8-11H2,1-3H3,(H,19,20,23)/t15-/m1/s1. The molecule has 1 atom stereocenters. The summed E-state index contributed by atoms with van der Waals surface area (Å²) in [5, 5.41) is 6.47. The second-order valence-electron chi connectivity index (χ2n) is 6.74. The molecule has 0 bridgehead atoms. The number of rotatable bonds is 5. The lowest BCUT2D eigenvalue weighted by atomic mass is 10.2. The van der Waals surface area contributed by atoms with Crippen molar-refractivity contribution in [3.63, 3.8) is 0 Å². The zero-order valence-electron chi connectivity index (χ0n) is 15.7. The number of amides is 1. The number of hydrogen-bond donors (Lipinski definition) is 1. The molecular formula is C18H24N4O4S. The Hall–Kier alpha value is -2.23. The lowest BCUT2D eigenvalue weighted by Crippen LogP contribution is -2.53. The van der Waals surface area contributed by atoms with Crippen molar-refractivity contribution in [2.45, 2.75) is 31.7 Å². The molecule has 1 aromatic heterocycles. The summed E-state index contributed by atoms with van der Waals surface area (Å²) in [5.74, 6) is 0.802. The predicted molar refractivity (Wildman–Crippen MR) is 101 cm³/mol. The fourth-order valence-corrected chi connectivity index (χ4v) is 4.43. The molecule has 8 nitrogen and oxygen atoms in total. The van der Waals surface area contributed by atoms with Gasteiger partial charge < -0.3 is 9.84 Å². The third-order valence-electron chi connectivity index (χ3n) is 4.74. The van der Waals surface area contributed by atoms with Gasteiger partial charge in [-0.15, -0.1) is 0 Å². The molecule has 0 spiro atoms. The van der Waals surface area contributed by atoms with Crippen molar-refractivity contribution < 1.29 is 17.7 Å². The normalized spacial score (nSPS) is 17.6. The van der Waals surface area contributed by atoms with Crippen LogP contribution in [0.4, 0.5) is 5.82 Å². The van der Waals surface area contributed by atoms with Crippen molar-refractivity contribution in [3.05, 3.63) is 41.7 Å². The molecule has 2 aromatic rings. The Labute approximate surface area is 159 Å². The van der Waals surface area contributed by atoms with E-state index in [0.29, 0.717) is 42.7 Å². The van der Waals surface area contributed by atoms with Crippen LogP contribution >= 0.6 is 0 Å². The van der Waals surface area contributed by atoms with Crippen LogP contribution < -0.4 is 5.32 Å². The van der Waals surface area contributed by atoms with E-state index in [1.54, 1.807) is 44.2 Å². The maximum Gasteiger partial charge on any atom is 0.243 e. The van der Waals surface area contributed by atoms with E-state index in [2.05, 4.69) is 10.5 Å². The van der Waals surface area contributed by atoms with Crippen LogP contribution in [0, 0.1) is 13.8 Å². The highest BCUT2D eigenvalue weighted by molar-refractivity contribution is 7.89.